The zero-order valence-electron chi connectivity index (χ0n) is 4.65. The molecule has 1 heterocycles. The summed E-state index contributed by atoms with van der Waals surface area (Å²) in [5, 5.41) is 0. The van der Waals surface area contributed by atoms with E-state index in [0.717, 1.165) is 19.0 Å². The predicted molar refractivity (Wildman–Crippen MR) is 28.8 cm³/mol. The lowest BCUT2D eigenvalue weighted by molar-refractivity contribution is 0.589. The fraction of sp³-hybridized carbons (Fsp3) is 1.00. The lowest BCUT2D eigenvalue weighted by Crippen LogP contribution is -2.13. The highest BCUT2D eigenvalue weighted by Gasteiger charge is 2.11. The van der Waals surface area contributed by atoms with Gasteiger partial charge in [0.1, 0.15) is 0 Å². The van der Waals surface area contributed by atoms with Crippen molar-refractivity contribution in [1.29, 1.82) is 0 Å². The maximum Gasteiger partial charge on any atom is 0.0345 e. The van der Waals surface area contributed by atoms with Crippen molar-refractivity contribution >= 4 is 0 Å². The molecule has 1 atom stereocenters. The molecule has 1 N–H and O–H groups in total. The molecule has 0 aliphatic carbocycles. The van der Waals surface area contributed by atoms with Gasteiger partial charge in [-0.05, 0) is 5.92 Å². The summed E-state index contributed by atoms with van der Waals surface area (Å²) in [6.45, 7) is 4.32. The molecule has 0 amide bonds. The van der Waals surface area contributed by atoms with Crippen LogP contribution in [-0.4, -0.2) is 13.1 Å². The molecular formula is C5H11N2. The highest BCUT2D eigenvalue weighted by atomic mass is 15.4. The minimum Gasteiger partial charge on any atom is -0.240 e. The van der Waals surface area contributed by atoms with Gasteiger partial charge in [0.2, 0.25) is 0 Å². The van der Waals surface area contributed by atoms with E-state index in [1.54, 1.807) is 0 Å². The molecule has 0 aromatic carbocycles. The number of nitrogens with one attached hydrogen (secondary N) is 1. The molecule has 7 heavy (non-hydrogen) atoms. The molecule has 1 aliphatic heterocycles. The molecule has 1 fully saturated rings. The van der Waals surface area contributed by atoms with Gasteiger partial charge in [-0.3, -0.25) is 0 Å². The van der Waals surface area contributed by atoms with Gasteiger partial charge in [0.25, 0.3) is 0 Å². The average molecular weight is 99.2 g/mol. The zero-order valence-corrected chi connectivity index (χ0v) is 4.65. The summed E-state index contributed by atoms with van der Waals surface area (Å²) < 4.78 is 0. The molecule has 0 saturated carbocycles. The van der Waals surface area contributed by atoms with Crippen molar-refractivity contribution in [2.24, 2.45) is 5.92 Å². The second kappa shape index (κ2) is 2.28. The van der Waals surface area contributed by atoms with Crippen LogP contribution in [0.1, 0.15) is 13.3 Å². The number of hydrogen-bond acceptors (Lipinski definition) is 1. The van der Waals surface area contributed by atoms with E-state index in [1.807, 2.05) is 0 Å². The summed E-state index contributed by atoms with van der Waals surface area (Å²) in [7, 11) is 0. The maximum absolute atomic E-state index is 3.99. The van der Waals surface area contributed by atoms with E-state index in [2.05, 4.69) is 17.8 Å². The predicted octanol–water partition coefficient (Wildman–Crippen LogP) is 0.135. The molecule has 1 aliphatic rings. The Labute approximate surface area is 44.3 Å². The maximum atomic E-state index is 3.99. The lowest BCUT2D eigenvalue weighted by atomic mass is 10.1. The largest absolute Gasteiger partial charge is 0.240 e. The quantitative estimate of drug-likeness (QED) is 0.497. The summed E-state index contributed by atoms with van der Waals surface area (Å²) in [6.07, 6.45) is 1.26. The van der Waals surface area contributed by atoms with E-state index >= 15 is 0 Å². The minimum absolute atomic E-state index is 0.819. The SMILES string of the molecule is CCC1C[N]NC1. The Morgan fingerprint density at radius 2 is 2.71 bits per heavy atom. The Bertz CT molecular complexity index is 48.0. The Morgan fingerprint density at radius 1 is 1.86 bits per heavy atom. The van der Waals surface area contributed by atoms with Gasteiger partial charge in [0.15, 0.2) is 0 Å². The fourth-order valence-corrected chi connectivity index (χ4v) is 0.725. The molecule has 0 aromatic heterocycles. The van der Waals surface area contributed by atoms with Gasteiger partial charge in [-0.1, -0.05) is 13.3 Å². The Balaban J connectivity index is 2.14. The van der Waals surface area contributed by atoms with Gasteiger partial charge in [-0.2, -0.15) is 5.43 Å². The van der Waals surface area contributed by atoms with E-state index in [9.17, 15) is 0 Å². The van der Waals surface area contributed by atoms with Crippen LogP contribution in [0.4, 0.5) is 0 Å². The number of hydrogen-bond donors (Lipinski definition) is 1. The van der Waals surface area contributed by atoms with Gasteiger partial charge < -0.3 is 0 Å². The molecule has 2 nitrogen and oxygen atoms in total. The summed E-state index contributed by atoms with van der Waals surface area (Å²) in [5.41, 5.74) is 6.93. The summed E-state index contributed by atoms with van der Waals surface area (Å²) in [6, 6.07) is 0. The van der Waals surface area contributed by atoms with E-state index in [-0.39, 0.29) is 0 Å². The van der Waals surface area contributed by atoms with Crippen molar-refractivity contribution in [2.45, 2.75) is 13.3 Å². The van der Waals surface area contributed by atoms with Crippen LogP contribution in [0, 0.1) is 5.92 Å². The van der Waals surface area contributed by atoms with Crippen molar-refractivity contribution in [3.63, 3.8) is 0 Å². The van der Waals surface area contributed by atoms with E-state index in [0.29, 0.717) is 0 Å². The van der Waals surface area contributed by atoms with Gasteiger partial charge >= 0.3 is 0 Å². The van der Waals surface area contributed by atoms with Gasteiger partial charge in [-0.15, -0.1) is 0 Å². The Hall–Kier alpha value is -0.0800. The van der Waals surface area contributed by atoms with Crippen LogP contribution >= 0.6 is 0 Å². The third kappa shape index (κ3) is 1.14. The lowest BCUT2D eigenvalue weighted by Gasteiger charge is -1.96. The van der Waals surface area contributed by atoms with Crippen molar-refractivity contribution in [1.82, 2.24) is 10.9 Å². The molecule has 41 valence electrons. The van der Waals surface area contributed by atoms with Crippen molar-refractivity contribution in [2.75, 3.05) is 13.1 Å². The second-order valence-corrected chi connectivity index (χ2v) is 1.98. The first kappa shape index (κ1) is 5.06. The third-order valence-electron chi connectivity index (χ3n) is 1.42. The van der Waals surface area contributed by atoms with Gasteiger partial charge in [0, 0.05) is 13.1 Å². The highest BCUT2D eigenvalue weighted by Crippen LogP contribution is 2.01. The summed E-state index contributed by atoms with van der Waals surface area (Å²) in [5.74, 6) is 0.819. The molecule has 1 saturated heterocycles. The molecule has 0 spiro atoms. The standard InChI is InChI=1S/C5H11N2/c1-2-5-3-6-7-4-5/h5-6H,2-4H2,1H3. The van der Waals surface area contributed by atoms with Gasteiger partial charge in [-0.25, -0.2) is 5.43 Å². The molecule has 1 radical (unpaired) electrons. The van der Waals surface area contributed by atoms with Crippen LogP contribution in [0.25, 0.3) is 0 Å². The first-order chi connectivity index (χ1) is 3.43. The first-order valence-corrected chi connectivity index (χ1v) is 2.83. The number of rotatable bonds is 1. The third-order valence-corrected chi connectivity index (χ3v) is 1.42. The first-order valence-electron chi connectivity index (χ1n) is 2.83. The normalized spacial score (nSPS) is 23.6. The molecule has 0 aromatic rings. The smallest absolute Gasteiger partial charge is 0.0345 e. The van der Waals surface area contributed by atoms with Crippen LogP contribution in [0.15, 0.2) is 0 Å². The van der Waals surface area contributed by atoms with Gasteiger partial charge in [0.05, 0.1) is 0 Å². The highest BCUT2D eigenvalue weighted by molar-refractivity contribution is 4.65. The monoisotopic (exact) mass is 99.1 g/mol. The topological polar surface area (TPSA) is 26.1 Å². The van der Waals surface area contributed by atoms with Crippen LogP contribution < -0.4 is 10.9 Å². The van der Waals surface area contributed by atoms with Crippen LogP contribution in [-0.2, 0) is 0 Å². The Kier molecular flexibility index (Phi) is 1.65. The van der Waals surface area contributed by atoms with Crippen LogP contribution in [0.2, 0.25) is 0 Å². The summed E-state index contributed by atoms with van der Waals surface area (Å²) >= 11 is 0. The molecular weight excluding hydrogens is 88.1 g/mol. The second-order valence-electron chi connectivity index (χ2n) is 1.98. The molecule has 1 rings (SSSR count). The molecule has 2 heteroatoms. The van der Waals surface area contributed by atoms with E-state index in [4.69, 9.17) is 0 Å². The van der Waals surface area contributed by atoms with E-state index in [1.165, 1.54) is 6.42 Å². The fourth-order valence-electron chi connectivity index (χ4n) is 0.725. The van der Waals surface area contributed by atoms with Crippen molar-refractivity contribution < 1.29 is 0 Å². The minimum atomic E-state index is 0.819. The zero-order chi connectivity index (χ0) is 5.11. The average Bonchev–Trinajstić information content (AvgIpc) is 2.14. The van der Waals surface area contributed by atoms with Crippen LogP contribution in [0.3, 0.4) is 0 Å². The van der Waals surface area contributed by atoms with E-state index < -0.39 is 0 Å². The van der Waals surface area contributed by atoms with Crippen molar-refractivity contribution in [3.05, 3.63) is 0 Å². The Morgan fingerprint density at radius 3 is 3.00 bits per heavy atom. The molecule has 1 unspecified atom stereocenters. The van der Waals surface area contributed by atoms with Crippen molar-refractivity contribution in [3.8, 4) is 0 Å². The molecule has 0 bridgehead atoms. The summed E-state index contributed by atoms with van der Waals surface area (Å²) in [4.78, 5) is 0. The number of nitrogens with zero attached hydrogens (tertiary/aromatic N) is 1. The van der Waals surface area contributed by atoms with Crippen LogP contribution in [0.5, 0.6) is 0 Å².